The molecule has 2 heteroatoms. The van der Waals surface area contributed by atoms with Crippen molar-refractivity contribution >= 4 is 11.8 Å². The molecule has 0 heterocycles. The summed E-state index contributed by atoms with van der Waals surface area (Å²) in [6.07, 6.45) is 1.24. The predicted octanol–water partition coefficient (Wildman–Crippen LogP) is 2.15. The summed E-state index contributed by atoms with van der Waals surface area (Å²) in [5.41, 5.74) is 0. The lowest BCUT2D eigenvalue weighted by molar-refractivity contribution is 0.300. The van der Waals surface area contributed by atoms with Crippen molar-refractivity contribution in [1.29, 1.82) is 0 Å². The second kappa shape index (κ2) is 6.05. The first-order valence-electron chi connectivity index (χ1n) is 3.93. The van der Waals surface area contributed by atoms with Gasteiger partial charge in [-0.3, -0.25) is 0 Å². The van der Waals surface area contributed by atoms with Crippen LogP contribution in [0.2, 0.25) is 0 Å². The van der Waals surface area contributed by atoms with Gasteiger partial charge < -0.3 is 5.11 Å². The first kappa shape index (κ1) is 10.3. The number of rotatable bonds is 5. The van der Waals surface area contributed by atoms with Gasteiger partial charge in [-0.25, -0.2) is 0 Å². The smallest absolute Gasteiger partial charge is 0.0547 e. The Morgan fingerprint density at radius 1 is 1.40 bits per heavy atom. The van der Waals surface area contributed by atoms with E-state index >= 15 is 0 Å². The molecule has 0 spiro atoms. The van der Waals surface area contributed by atoms with Gasteiger partial charge in [-0.2, -0.15) is 11.8 Å². The molecule has 0 aliphatic heterocycles. The fraction of sp³-hybridized carbons (Fsp3) is 1.00. The number of hydrogen-bond acceptors (Lipinski definition) is 2. The van der Waals surface area contributed by atoms with E-state index in [1.807, 2.05) is 11.8 Å². The van der Waals surface area contributed by atoms with Gasteiger partial charge in [0.25, 0.3) is 0 Å². The first-order valence-corrected chi connectivity index (χ1v) is 4.98. The van der Waals surface area contributed by atoms with Gasteiger partial charge in [-0.1, -0.05) is 27.2 Å². The second-order valence-electron chi connectivity index (χ2n) is 2.84. The standard InChI is InChI=1S/C8H18OS/c1-4-7(2)6-10-8(3)5-9/h7-9H,4-6H2,1-3H3. The molecular formula is C8H18OS. The molecule has 0 saturated carbocycles. The molecule has 0 bridgehead atoms. The third-order valence-electron chi connectivity index (χ3n) is 1.62. The molecule has 2 unspecified atom stereocenters. The van der Waals surface area contributed by atoms with Crippen molar-refractivity contribution in [3.05, 3.63) is 0 Å². The summed E-state index contributed by atoms with van der Waals surface area (Å²) in [5.74, 6) is 1.97. The molecule has 0 aromatic carbocycles. The van der Waals surface area contributed by atoms with Crippen LogP contribution >= 0.6 is 11.8 Å². The maximum Gasteiger partial charge on any atom is 0.0547 e. The lowest BCUT2D eigenvalue weighted by Crippen LogP contribution is -2.06. The third kappa shape index (κ3) is 5.12. The van der Waals surface area contributed by atoms with Crippen LogP contribution in [0.3, 0.4) is 0 Å². The van der Waals surface area contributed by atoms with Crippen molar-refractivity contribution < 1.29 is 5.11 Å². The molecule has 0 aliphatic rings. The third-order valence-corrected chi connectivity index (χ3v) is 3.10. The van der Waals surface area contributed by atoms with Crippen LogP contribution < -0.4 is 0 Å². The summed E-state index contributed by atoms with van der Waals surface area (Å²) < 4.78 is 0. The van der Waals surface area contributed by atoms with Crippen molar-refractivity contribution in [2.45, 2.75) is 32.4 Å². The van der Waals surface area contributed by atoms with Crippen LogP contribution in [0.4, 0.5) is 0 Å². The van der Waals surface area contributed by atoms with Crippen molar-refractivity contribution in [1.82, 2.24) is 0 Å². The number of aliphatic hydroxyl groups is 1. The second-order valence-corrected chi connectivity index (χ2v) is 4.31. The number of thioether (sulfide) groups is 1. The molecule has 0 radical (unpaired) electrons. The van der Waals surface area contributed by atoms with E-state index in [-0.39, 0.29) is 0 Å². The van der Waals surface area contributed by atoms with E-state index in [2.05, 4.69) is 20.8 Å². The highest BCUT2D eigenvalue weighted by atomic mass is 32.2. The van der Waals surface area contributed by atoms with E-state index in [1.165, 1.54) is 12.2 Å². The van der Waals surface area contributed by atoms with Crippen molar-refractivity contribution in [3.8, 4) is 0 Å². The van der Waals surface area contributed by atoms with E-state index in [9.17, 15) is 0 Å². The molecule has 1 N–H and O–H groups in total. The summed E-state index contributed by atoms with van der Waals surface area (Å²) in [4.78, 5) is 0. The van der Waals surface area contributed by atoms with Crippen molar-refractivity contribution in [2.24, 2.45) is 5.92 Å². The molecule has 2 atom stereocenters. The van der Waals surface area contributed by atoms with Crippen LogP contribution in [0.1, 0.15) is 27.2 Å². The summed E-state index contributed by atoms with van der Waals surface area (Å²) in [7, 11) is 0. The number of aliphatic hydroxyl groups excluding tert-OH is 1. The molecule has 0 amide bonds. The summed E-state index contributed by atoms with van der Waals surface area (Å²) in [6.45, 7) is 6.82. The lowest BCUT2D eigenvalue weighted by atomic mass is 10.2. The highest BCUT2D eigenvalue weighted by molar-refractivity contribution is 7.99. The van der Waals surface area contributed by atoms with Crippen LogP contribution in [0, 0.1) is 5.92 Å². The topological polar surface area (TPSA) is 20.2 Å². The van der Waals surface area contributed by atoms with E-state index in [1.54, 1.807) is 0 Å². The minimum Gasteiger partial charge on any atom is -0.395 e. The normalized spacial score (nSPS) is 16.8. The van der Waals surface area contributed by atoms with Crippen LogP contribution in [0.5, 0.6) is 0 Å². The molecule has 1 nitrogen and oxygen atoms in total. The Kier molecular flexibility index (Phi) is 6.24. The Bertz CT molecular complexity index is 65.7. The van der Waals surface area contributed by atoms with E-state index in [0.717, 1.165) is 5.92 Å². The van der Waals surface area contributed by atoms with Crippen LogP contribution in [0.25, 0.3) is 0 Å². The average molecular weight is 162 g/mol. The zero-order valence-corrected chi connectivity index (χ0v) is 7.95. The Hall–Kier alpha value is 0.310. The lowest BCUT2D eigenvalue weighted by Gasteiger charge is -2.11. The van der Waals surface area contributed by atoms with Crippen molar-refractivity contribution in [3.63, 3.8) is 0 Å². The zero-order valence-electron chi connectivity index (χ0n) is 7.13. The quantitative estimate of drug-likeness (QED) is 0.668. The Morgan fingerprint density at radius 3 is 2.40 bits per heavy atom. The van der Waals surface area contributed by atoms with Gasteiger partial charge in [0.05, 0.1) is 6.61 Å². The summed E-state index contributed by atoms with van der Waals surface area (Å²) in [6, 6.07) is 0. The molecule has 0 rings (SSSR count). The largest absolute Gasteiger partial charge is 0.395 e. The average Bonchev–Trinajstić information content (AvgIpc) is 1.99. The highest BCUT2D eigenvalue weighted by Crippen LogP contribution is 2.15. The monoisotopic (exact) mass is 162 g/mol. The SMILES string of the molecule is CCC(C)CSC(C)CO. The fourth-order valence-electron chi connectivity index (χ4n) is 0.499. The van der Waals surface area contributed by atoms with Gasteiger partial charge in [0.2, 0.25) is 0 Å². The van der Waals surface area contributed by atoms with Gasteiger partial charge in [-0.15, -0.1) is 0 Å². The minimum atomic E-state index is 0.307. The molecule has 0 aromatic rings. The van der Waals surface area contributed by atoms with Crippen molar-refractivity contribution in [2.75, 3.05) is 12.4 Å². The summed E-state index contributed by atoms with van der Waals surface area (Å²) in [5, 5.41) is 9.11. The van der Waals surface area contributed by atoms with E-state index in [0.29, 0.717) is 11.9 Å². The van der Waals surface area contributed by atoms with E-state index in [4.69, 9.17) is 5.11 Å². The molecule has 0 aromatic heterocycles. The van der Waals surface area contributed by atoms with Gasteiger partial charge in [0.15, 0.2) is 0 Å². The first-order chi connectivity index (χ1) is 4.70. The highest BCUT2D eigenvalue weighted by Gasteiger charge is 2.03. The molecular weight excluding hydrogens is 144 g/mol. The molecule has 0 aliphatic carbocycles. The Labute approximate surface area is 68.2 Å². The van der Waals surface area contributed by atoms with Gasteiger partial charge >= 0.3 is 0 Å². The van der Waals surface area contributed by atoms with Crippen LogP contribution in [-0.2, 0) is 0 Å². The molecule has 0 saturated heterocycles. The van der Waals surface area contributed by atoms with Gasteiger partial charge in [0, 0.05) is 5.25 Å². The van der Waals surface area contributed by atoms with Gasteiger partial charge in [-0.05, 0) is 11.7 Å². The minimum absolute atomic E-state index is 0.307. The zero-order chi connectivity index (χ0) is 7.98. The molecule has 10 heavy (non-hydrogen) atoms. The van der Waals surface area contributed by atoms with Gasteiger partial charge in [0.1, 0.15) is 0 Å². The molecule has 0 fully saturated rings. The maximum absolute atomic E-state index is 8.70. The predicted molar refractivity (Wildman–Crippen MR) is 48.5 cm³/mol. The summed E-state index contributed by atoms with van der Waals surface area (Å²) >= 11 is 1.86. The maximum atomic E-state index is 8.70. The fourth-order valence-corrected chi connectivity index (χ4v) is 1.50. The van der Waals surface area contributed by atoms with Crippen LogP contribution in [-0.4, -0.2) is 22.7 Å². The Morgan fingerprint density at radius 2 is 2.00 bits per heavy atom. The van der Waals surface area contributed by atoms with Crippen LogP contribution in [0.15, 0.2) is 0 Å². The number of hydrogen-bond donors (Lipinski definition) is 1. The molecule has 62 valence electrons. The van der Waals surface area contributed by atoms with E-state index < -0.39 is 0 Å². The Balaban J connectivity index is 3.17.